The van der Waals surface area contributed by atoms with Crippen molar-refractivity contribution >= 4 is 0 Å². The van der Waals surface area contributed by atoms with Gasteiger partial charge in [-0.1, -0.05) is 39.3 Å². The highest BCUT2D eigenvalue weighted by molar-refractivity contribution is 5.28. The molecule has 3 aliphatic rings. The number of fused-ring (bicyclic) bond motifs is 3. The monoisotopic (exact) mass is 204 g/mol. The first kappa shape index (κ1) is 9.93. The predicted octanol–water partition coefficient (Wildman–Crippen LogP) is 4.42. The summed E-state index contributed by atoms with van der Waals surface area (Å²) >= 11 is 0. The first-order chi connectivity index (χ1) is 6.92. The first-order valence-electron chi connectivity index (χ1n) is 6.65. The highest BCUT2D eigenvalue weighted by Gasteiger charge is 2.59. The van der Waals surface area contributed by atoms with Crippen molar-refractivity contribution in [2.75, 3.05) is 0 Å². The summed E-state index contributed by atoms with van der Waals surface area (Å²) in [5.41, 5.74) is 2.98. The summed E-state index contributed by atoms with van der Waals surface area (Å²) in [5.74, 6) is 2.83. The molecule has 2 fully saturated rings. The van der Waals surface area contributed by atoms with E-state index < -0.39 is 0 Å². The molecule has 3 rings (SSSR count). The molecule has 0 spiro atoms. The van der Waals surface area contributed by atoms with Crippen LogP contribution >= 0.6 is 0 Å². The van der Waals surface area contributed by atoms with E-state index in [1.165, 1.54) is 25.7 Å². The molecule has 0 heteroatoms. The van der Waals surface area contributed by atoms with Gasteiger partial charge in [0.25, 0.3) is 0 Å². The standard InChI is InChI=1S/C15H24/c1-10-5-6-13-12(10)9-14(2,3)7-11-8-15(11,13)4/h9-11,13H,5-8H2,1-4H3/t10-,11+,13-,15-/m1/s1. The maximum Gasteiger partial charge on any atom is -0.0143 e. The molecule has 0 bridgehead atoms. The maximum atomic E-state index is 2.65. The summed E-state index contributed by atoms with van der Waals surface area (Å²) < 4.78 is 0. The molecule has 15 heavy (non-hydrogen) atoms. The molecule has 2 saturated carbocycles. The van der Waals surface area contributed by atoms with Crippen molar-refractivity contribution in [2.45, 2.75) is 53.4 Å². The molecule has 0 aromatic heterocycles. The van der Waals surface area contributed by atoms with Crippen LogP contribution in [-0.4, -0.2) is 0 Å². The topological polar surface area (TPSA) is 0 Å². The van der Waals surface area contributed by atoms with E-state index in [4.69, 9.17) is 0 Å². The Labute approximate surface area is 94.1 Å². The Morgan fingerprint density at radius 1 is 1.13 bits per heavy atom. The fraction of sp³-hybridized carbons (Fsp3) is 0.867. The molecule has 0 aromatic rings. The van der Waals surface area contributed by atoms with Crippen molar-refractivity contribution in [2.24, 2.45) is 28.6 Å². The van der Waals surface area contributed by atoms with Crippen LogP contribution in [0.3, 0.4) is 0 Å². The lowest BCUT2D eigenvalue weighted by Crippen LogP contribution is -2.13. The molecule has 3 aliphatic carbocycles. The molecule has 0 aliphatic heterocycles. The van der Waals surface area contributed by atoms with Crippen LogP contribution in [0.2, 0.25) is 0 Å². The highest BCUT2D eigenvalue weighted by atomic mass is 14.6. The fourth-order valence-corrected chi connectivity index (χ4v) is 4.40. The van der Waals surface area contributed by atoms with Gasteiger partial charge in [0.05, 0.1) is 0 Å². The lowest BCUT2D eigenvalue weighted by atomic mass is 9.83. The molecule has 0 nitrogen and oxygen atoms in total. The average Bonchev–Trinajstić information content (AvgIpc) is 2.59. The molecule has 0 saturated heterocycles. The lowest BCUT2D eigenvalue weighted by Gasteiger charge is -2.22. The van der Waals surface area contributed by atoms with Gasteiger partial charge < -0.3 is 0 Å². The van der Waals surface area contributed by atoms with Crippen LogP contribution in [0.4, 0.5) is 0 Å². The highest BCUT2D eigenvalue weighted by Crippen LogP contribution is 2.68. The molecule has 84 valence electrons. The van der Waals surface area contributed by atoms with E-state index in [0.717, 1.165) is 17.8 Å². The zero-order valence-electron chi connectivity index (χ0n) is 10.6. The largest absolute Gasteiger partial charge is 0.0791 e. The smallest absolute Gasteiger partial charge is 0.0143 e. The van der Waals surface area contributed by atoms with Gasteiger partial charge in [0.15, 0.2) is 0 Å². The van der Waals surface area contributed by atoms with Crippen molar-refractivity contribution in [3.8, 4) is 0 Å². The third-order valence-corrected chi connectivity index (χ3v) is 5.44. The zero-order chi connectivity index (χ0) is 10.8. The molecule has 0 N–H and O–H groups in total. The van der Waals surface area contributed by atoms with E-state index in [0.29, 0.717) is 10.8 Å². The summed E-state index contributed by atoms with van der Waals surface area (Å²) in [6, 6.07) is 0. The molecule has 0 aromatic carbocycles. The SMILES string of the molecule is C[C@@H]1CC[C@@H]2C1=CC(C)(C)C[C@H]1C[C@]12C. The van der Waals surface area contributed by atoms with E-state index in [1.807, 2.05) is 5.57 Å². The van der Waals surface area contributed by atoms with E-state index in [1.54, 1.807) is 0 Å². The van der Waals surface area contributed by atoms with E-state index in [2.05, 4.69) is 33.8 Å². The summed E-state index contributed by atoms with van der Waals surface area (Å²) in [7, 11) is 0. The van der Waals surface area contributed by atoms with E-state index >= 15 is 0 Å². The first-order valence-corrected chi connectivity index (χ1v) is 6.65. The third-order valence-electron chi connectivity index (χ3n) is 5.44. The van der Waals surface area contributed by atoms with Crippen LogP contribution in [0.25, 0.3) is 0 Å². The van der Waals surface area contributed by atoms with Crippen LogP contribution in [0.1, 0.15) is 53.4 Å². The number of rotatable bonds is 0. The molecule has 0 amide bonds. The third kappa shape index (κ3) is 1.33. The summed E-state index contributed by atoms with van der Waals surface area (Å²) in [6.45, 7) is 9.86. The van der Waals surface area contributed by atoms with Gasteiger partial charge in [0, 0.05) is 0 Å². The fourth-order valence-electron chi connectivity index (χ4n) is 4.40. The maximum absolute atomic E-state index is 2.65. The second-order valence-corrected chi connectivity index (χ2v) is 7.27. The lowest BCUT2D eigenvalue weighted by molar-refractivity contribution is 0.328. The van der Waals surface area contributed by atoms with Crippen LogP contribution in [-0.2, 0) is 0 Å². The molecular weight excluding hydrogens is 180 g/mol. The van der Waals surface area contributed by atoms with Crippen LogP contribution in [0.5, 0.6) is 0 Å². The predicted molar refractivity (Wildman–Crippen MR) is 64.6 cm³/mol. The summed E-state index contributed by atoms with van der Waals surface area (Å²) in [6.07, 6.45) is 8.49. The molecular formula is C15H24. The molecule has 0 heterocycles. The Morgan fingerprint density at radius 3 is 2.60 bits per heavy atom. The van der Waals surface area contributed by atoms with Gasteiger partial charge >= 0.3 is 0 Å². The Bertz CT molecular complexity index is 323. The van der Waals surface area contributed by atoms with Crippen LogP contribution in [0.15, 0.2) is 11.6 Å². The van der Waals surface area contributed by atoms with E-state index in [9.17, 15) is 0 Å². The zero-order valence-corrected chi connectivity index (χ0v) is 10.6. The van der Waals surface area contributed by atoms with Crippen LogP contribution in [0, 0.1) is 28.6 Å². The summed E-state index contributed by atoms with van der Waals surface area (Å²) in [5, 5.41) is 0. The van der Waals surface area contributed by atoms with Gasteiger partial charge in [-0.15, -0.1) is 0 Å². The van der Waals surface area contributed by atoms with Gasteiger partial charge in [0.2, 0.25) is 0 Å². The minimum absolute atomic E-state index is 0.463. The minimum Gasteiger partial charge on any atom is -0.0791 e. The second-order valence-electron chi connectivity index (χ2n) is 7.27. The number of hydrogen-bond acceptors (Lipinski definition) is 0. The van der Waals surface area contributed by atoms with Crippen molar-refractivity contribution in [1.82, 2.24) is 0 Å². The Kier molecular flexibility index (Phi) is 1.79. The Morgan fingerprint density at radius 2 is 1.87 bits per heavy atom. The van der Waals surface area contributed by atoms with Gasteiger partial charge in [0.1, 0.15) is 0 Å². The van der Waals surface area contributed by atoms with Crippen molar-refractivity contribution < 1.29 is 0 Å². The Hall–Kier alpha value is -0.260. The Balaban J connectivity index is 2.03. The minimum atomic E-state index is 0.463. The number of allylic oxidation sites excluding steroid dienone is 2. The van der Waals surface area contributed by atoms with Gasteiger partial charge in [-0.3, -0.25) is 0 Å². The van der Waals surface area contributed by atoms with Gasteiger partial charge in [-0.25, -0.2) is 0 Å². The van der Waals surface area contributed by atoms with Crippen molar-refractivity contribution in [3.05, 3.63) is 11.6 Å². The quantitative estimate of drug-likeness (QED) is 0.513. The van der Waals surface area contributed by atoms with Crippen molar-refractivity contribution in [3.63, 3.8) is 0 Å². The normalized spacial score (nSPS) is 51.5. The molecule has 4 atom stereocenters. The van der Waals surface area contributed by atoms with Gasteiger partial charge in [-0.2, -0.15) is 0 Å². The van der Waals surface area contributed by atoms with E-state index in [-0.39, 0.29) is 0 Å². The number of hydrogen-bond donors (Lipinski definition) is 0. The van der Waals surface area contributed by atoms with Gasteiger partial charge in [-0.05, 0) is 54.3 Å². The second kappa shape index (κ2) is 2.70. The average molecular weight is 204 g/mol. The van der Waals surface area contributed by atoms with Crippen molar-refractivity contribution in [1.29, 1.82) is 0 Å². The summed E-state index contributed by atoms with van der Waals surface area (Å²) in [4.78, 5) is 0. The molecule has 0 unspecified atom stereocenters. The van der Waals surface area contributed by atoms with Crippen LogP contribution < -0.4 is 0 Å². The molecule has 0 radical (unpaired) electrons.